The van der Waals surface area contributed by atoms with Gasteiger partial charge in [-0.2, -0.15) is 74.6 Å². The molecule has 1 atom stereocenters. The first-order chi connectivity index (χ1) is 22.4. The van der Waals surface area contributed by atoms with Crippen LogP contribution >= 0.6 is 0 Å². The number of unbranched alkanes of at least 4 members (excludes halogenated alkanes) is 2. The van der Waals surface area contributed by atoms with Crippen LogP contribution in [0.5, 0.6) is 0 Å². The maximum atomic E-state index is 15.0. The van der Waals surface area contributed by atoms with Crippen molar-refractivity contribution in [2.75, 3.05) is 0 Å². The predicted molar refractivity (Wildman–Crippen MR) is 140 cm³/mol. The van der Waals surface area contributed by atoms with Crippen LogP contribution in [0.25, 0.3) is 10.9 Å². The Hall–Kier alpha value is -3.30. The summed E-state index contributed by atoms with van der Waals surface area (Å²) < 4.78 is 262. The molecule has 0 fully saturated rings. The molecule has 1 N–H and O–H groups in total. The molecular weight excluding hydrogens is 753 g/mol. The van der Waals surface area contributed by atoms with Crippen LogP contribution in [0.1, 0.15) is 50.0 Å². The molecule has 0 aliphatic rings. The molecule has 2 aromatic carbocycles. The van der Waals surface area contributed by atoms with Crippen LogP contribution in [0.3, 0.4) is 0 Å². The molecule has 282 valence electrons. The summed E-state index contributed by atoms with van der Waals surface area (Å²) in [5, 5.41) is 10.8. The number of fused-ring (bicyclic) bond motifs is 1. The van der Waals surface area contributed by atoms with Crippen LogP contribution in [-0.4, -0.2) is 59.2 Å². The topological polar surface area (TPSA) is 59.3 Å². The zero-order valence-corrected chi connectivity index (χ0v) is 25.5. The van der Waals surface area contributed by atoms with E-state index in [2.05, 4.69) is 0 Å². The molecule has 0 saturated carbocycles. The Morgan fingerprint density at radius 3 is 1.66 bits per heavy atom. The Bertz CT molecular complexity index is 1800. The van der Waals surface area contributed by atoms with Gasteiger partial charge in [-0.3, -0.25) is 0 Å². The number of aliphatic hydroxyl groups excluding tert-OH is 1. The van der Waals surface area contributed by atoms with Crippen molar-refractivity contribution in [3.05, 3.63) is 65.9 Å². The van der Waals surface area contributed by atoms with E-state index in [0.717, 1.165) is 12.1 Å². The van der Waals surface area contributed by atoms with Crippen LogP contribution in [0.2, 0.25) is 0 Å². The van der Waals surface area contributed by atoms with Crippen LogP contribution in [-0.2, 0) is 15.9 Å². The second kappa shape index (κ2) is 12.7. The van der Waals surface area contributed by atoms with Gasteiger partial charge in [-0.15, -0.1) is 0 Å². The van der Waals surface area contributed by atoms with Crippen molar-refractivity contribution in [3.8, 4) is 0 Å². The Morgan fingerprint density at radius 2 is 1.14 bits per heavy atom. The molecule has 0 amide bonds. The van der Waals surface area contributed by atoms with Gasteiger partial charge in [-0.1, -0.05) is 56.5 Å². The fourth-order valence-corrected chi connectivity index (χ4v) is 6.30. The first-order valence-corrected chi connectivity index (χ1v) is 15.2. The minimum Gasteiger partial charge on any atom is -0.387 e. The van der Waals surface area contributed by atoms with E-state index in [4.69, 9.17) is 0 Å². The minimum atomic E-state index is -8.79. The van der Waals surface area contributed by atoms with E-state index in [-0.39, 0.29) is 29.5 Å². The highest BCUT2D eigenvalue weighted by Gasteiger charge is 2.95. The summed E-state index contributed by atoms with van der Waals surface area (Å²) in [6.07, 6.45) is -8.01. The molecule has 4 nitrogen and oxygen atoms in total. The van der Waals surface area contributed by atoms with Crippen molar-refractivity contribution in [2.45, 2.75) is 91.2 Å². The van der Waals surface area contributed by atoms with Gasteiger partial charge in [-0.25, -0.2) is 12.4 Å². The molecule has 1 unspecified atom stereocenters. The fraction of sp³-hybridized carbons (Fsp3) is 0.500. The Kier molecular flexibility index (Phi) is 10.5. The number of alkyl halides is 17. The Balaban J connectivity index is 2.18. The van der Waals surface area contributed by atoms with Gasteiger partial charge < -0.3 is 5.11 Å². The molecule has 0 aliphatic heterocycles. The summed E-state index contributed by atoms with van der Waals surface area (Å²) in [4.78, 5) is -1.49. The van der Waals surface area contributed by atoms with E-state index < -0.39 is 86.0 Å². The van der Waals surface area contributed by atoms with Crippen LogP contribution in [0, 0.1) is 0 Å². The largest absolute Gasteiger partial charge is 0.460 e. The Labute approximate surface area is 270 Å². The van der Waals surface area contributed by atoms with Crippen LogP contribution in [0.4, 0.5) is 74.6 Å². The third-order valence-corrected chi connectivity index (χ3v) is 9.31. The third kappa shape index (κ3) is 5.96. The van der Waals surface area contributed by atoms with Gasteiger partial charge in [0.05, 0.1) is 22.2 Å². The van der Waals surface area contributed by atoms with E-state index >= 15 is 8.78 Å². The van der Waals surface area contributed by atoms with E-state index in [1.807, 2.05) is 0 Å². The van der Waals surface area contributed by atoms with Crippen molar-refractivity contribution >= 4 is 20.9 Å². The number of rotatable bonds is 14. The van der Waals surface area contributed by atoms with Gasteiger partial charge in [0.2, 0.25) is 0 Å². The lowest BCUT2D eigenvalue weighted by Gasteiger charge is -2.42. The summed E-state index contributed by atoms with van der Waals surface area (Å²) >= 11 is 0. The van der Waals surface area contributed by atoms with Gasteiger partial charge in [0.25, 0.3) is 10.0 Å². The molecule has 1 heterocycles. The maximum absolute atomic E-state index is 15.0. The summed E-state index contributed by atoms with van der Waals surface area (Å²) in [6, 6.07) is 5.94. The smallest absolute Gasteiger partial charge is 0.387 e. The first-order valence-electron chi connectivity index (χ1n) is 13.8. The first kappa shape index (κ1) is 41.1. The summed E-state index contributed by atoms with van der Waals surface area (Å²) in [6.45, 7) is 1.78. The zero-order valence-electron chi connectivity index (χ0n) is 24.6. The number of aromatic nitrogens is 1. The number of aliphatic hydroxyl groups is 1. The molecule has 1 aromatic heterocycles. The SMILES string of the molecule is CCCCCC(O)c1cc2ccccc2n1S(=O)(=O)c1cccc(C(F)(F)C(F)(F)C(F)(F)C(F)(F)C(F)(F)C(F)(F)C(F)(F)C(F)(F)F)c1. The average molecular weight is 776 g/mol. The van der Waals surface area contributed by atoms with Gasteiger partial charge in [0.15, 0.2) is 0 Å². The standard InChI is InChI=1S/C28H22F17NO3S/c1-2-3-4-12-20(47)19-13-15-8-5-6-11-18(15)46(19)50(48,49)17-10-7-9-16(14-17)21(29,30)22(31,32)23(33,34)24(35,36)25(37,38)26(39,40)27(41,42)28(43,44)45/h5-11,13-14,20,47H,2-4,12H2,1H3. The van der Waals surface area contributed by atoms with Crippen molar-refractivity contribution in [2.24, 2.45) is 0 Å². The van der Waals surface area contributed by atoms with E-state index in [1.54, 1.807) is 6.92 Å². The quantitative estimate of drug-likeness (QED) is 0.131. The van der Waals surface area contributed by atoms with Crippen molar-refractivity contribution in [1.82, 2.24) is 3.97 Å². The lowest BCUT2D eigenvalue weighted by molar-refractivity contribution is -0.462. The van der Waals surface area contributed by atoms with Crippen molar-refractivity contribution < 1.29 is 88.2 Å². The molecule has 0 radical (unpaired) electrons. The molecule has 0 bridgehead atoms. The molecule has 50 heavy (non-hydrogen) atoms. The highest BCUT2D eigenvalue weighted by Crippen LogP contribution is 2.65. The monoisotopic (exact) mass is 775 g/mol. The molecule has 22 heteroatoms. The second-order valence-corrected chi connectivity index (χ2v) is 12.7. The highest BCUT2D eigenvalue weighted by atomic mass is 32.2. The number of halogens is 17. The average Bonchev–Trinajstić information content (AvgIpc) is 3.41. The molecule has 3 aromatic rings. The van der Waals surface area contributed by atoms with Crippen LogP contribution < -0.4 is 0 Å². The van der Waals surface area contributed by atoms with Gasteiger partial charge in [0, 0.05) is 10.9 Å². The second-order valence-electron chi connectivity index (χ2n) is 11.0. The molecule has 0 saturated heterocycles. The summed E-state index contributed by atoms with van der Waals surface area (Å²) in [5.74, 6) is -58.1. The normalized spacial score (nSPS) is 15.5. The summed E-state index contributed by atoms with van der Waals surface area (Å²) in [7, 11) is -5.36. The molecular formula is C28H22F17NO3S. The zero-order chi connectivity index (χ0) is 38.7. The number of nitrogens with zero attached hydrogens (tertiary/aromatic N) is 1. The van der Waals surface area contributed by atoms with Gasteiger partial charge in [-0.05, 0) is 30.7 Å². The van der Waals surface area contributed by atoms with Crippen molar-refractivity contribution in [1.29, 1.82) is 0 Å². The van der Waals surface area contributed by atoms with E-state index in [1.165, 1.54) is 18.2 Å². The number of hydrogen-bond acceptors (Lipinski definition) is 3. The maximum Gasteiger partial charge on any atom is 0.460 e. The molecule has 0 aliphatic carbocycles. The number of hydrogen-bond donors (Lipinski definition) is 1. The lowest BCUT2D eigenvalue weighted by Crippen LogP contribution is -2.74. The summed E-state index contributed by atoms with van der Waals surface area (Å²) in [5.41, 5.74) is -3.35. The van der Waals surface area contributed by atoms with Gasteiger partial charge >= 0.3 is 47.6 Å². The Morgan fingerprint density at radius 1 is 0.640 bits per heavy atom. The van der Waals surface area contributed by atoms with E-state index in [9.17, 15) is 79.4 Å². The number of benzene rings is 2. The molecule has 0 spiro atoms. The van der Waals surface area contributed by atoms with Gasteiger partial charge in [0.1, 0.15) is 0 Å². The predicted octanol–water partition coefficient (Wildman–Crippen LogP) is 9.96. The van der Waals surface area contributed by atoms with Crippen molar-refractivity contribution in [3.63, 3.8) is 0 Å². The van der Waals surface area contributed by atoms with Crippen LogP contribution in [0.15, 0.2) is 59.5 Å². The highest BCUT2D eigenvalue weighted by molar-refractivity contribution is 7.90. The lowest BCUT2D eigenvalue weighted by atomic mass is 9.87. The minimum absolute atomic E-state index is 0.0775. The third-order valence-electron chi connectivity index (χ3n) is 7.57. The fourth-order valence-electron chi connectivity index (χ4n) is 4.69. The molecule has 3 rings (SSSR count). The number of para-hydroxylation sites is 1. The van der Waals surface area contributed by atoms with E-state index in [0.29, 0.717) is 29.3 Å².